The van der Waals surface area contributed by atoms with Crippen LogP contribution < -0.4 is 5.32 Å². The molecular formula is C17H22N2. The van der Waals surface area contributed by atoms with E-state index < -0.39 is 0 Å². The highest BCUT2D eigenvalue weighted by atomic mass is 14.9. The van der Waals surface area contributed by atoms with Crippen molar-refractivity contribution in [2.45, 2.75) is 33.7 Å². The van der Waals surface area contributed by atoms with E-state index >= 15 is 0 Å². The van der Waals surface area contributed by atoms with Gasteiger partial charge in [0.25, 0.3) is 0 Å². The standard InChI is InChI=1S/C17H22N2/c1-5-18-17(15-8-7-14(4)19-11-15)16-9-6-12(2)10-13(16)3/h6-11,17-18H,5H2,1-4H3. The first-order valence-corrected chi connectivity index (χ1v) is 6.85. The predicted molar refractivity (Wildman–Crippen MR) is 80.4 cm³/mol. The molecule has 0 saturated heterocycles. The molecule has 100 valence electrons. The molecule has 0 spiro atoms. The van der Waals surface area contributed by atoms with Gasteiger partial charge in [-0.3, -0.25) is 4.98 Å². The second-order valence-electron chi connectivity index (χ2n) is 5.08. The highest BCUT2D eigenvalue weighted by Crippen LogP contribution is 2.25. The minimum Gasteiger partial charge on any atom is -0.306 e. The number of hydrogen-bond donors (Lipinski definition) is 1. The zero-order valence-corrected chi connectivity index (χ0v) is 12.2. The van der Waals surface area contributed by atoms with Gasteiger partial charge in [0.15, 0.2) is 0 Å². The molecule has 1 unspecified atom stereocenters. The quantitative estimate of drug-likeness (QED) is 0.899. The van der Waals surface area contributed by atoms with Crippen molar-refractivity contribution in [3.05, 3.63) is 64.5 Å². The maximum atomic E-state index is 4.41. The molecule has 0 saturated carbocycles. The van der Waals surface area contributed by atoms with Gasteiger partial charge in [-0.15, -0.1) is 0 Å². The monoisotopic (exact) mass is 254 g/mol. The largest absolute Gasteiger partial charge is 0.306 e. The highest BCUT2D eigenvalue weighted by molar-refractivity contribution is 5.38. The number of nitrogens with zero attached hydrogens (tertiary/aromatic N) is 1. The lowest BCUT2D eigenvalue weighted by Crippen LogP contribution is -2.23. The first-order chi connectivity index (χ1) is 9.11. The van der Waals surface area contributed by atoms with Crippen LogP contribution in [0.4, 0.5) is 0 Å². The van der Waals surface area contributed by atoms with E-state index in [-0.39, 0.29) is 6.04 Å². The van der Waals surface area contributed by atoms with Gasteiger partial charge in [-0.25, -0.2) is 0 Å². The third kappa shape index (κ3) is 3.21. The Balaban J connectivity index is 2.41. The summed E-state index contributed by atoms with van der Waals surface area (Å²) >= 11 is 0. The first-order valence-electron chi connectivity index (χ1n) is 6.85. The van der Waals surface area contributed by atoms with Crippen LogP contribution in [0.25, 0.3) is 0 Å². The van der Waals surface area contributed by atoms with E-state index in [0.717, 1.165) is 12.2 Å². The van der Waals surface area contributed by atoms with Crippen LogP contribution in [0.2, 0.25) is 0 Å². The summed E-state index contributed by atoms with van der Waals surface area (Å²) < 4.78 is 0. The van der Waals surface area contributed by atoms with Gasteiger partial charge in [-0.05, 0) is 50.1 Å². The Labute approximate surface area is 115 Å². The van der Waals surface area contributed by atoms with Gasteiger partial charge in [0.1, 0.15) is 0 Å². The number of hydrogen-bond acceptors (Lipinski definition) is 2. The van der Waals surface area contributed by atoms with Crippen molar-refractivity contribution in [2.75, 3.05) is 6.54 Å². The van der Waals surface area contributed by atoms with Crippen molar-refractivity contribution >= 4 is 0 Å². The average Bonchev–Trinajstić information content (AvgIpc) is 2.38. The number of benzene rings is 1. The number of aromatic nitrogens is 1. The van der Waals surface area contributed by atoms with Crippen molar-refractivity contribution in [1.29, 1.82) is 0 Å². The summed E-state index contributed by atoms with van der Waals surface area (Å²) in [6.45, 7) is 9.40. The fourth-order valence-corrected chi connectivity index (χ4v) is 2.41. The summed E-state index contributed by atoms with van der Waals surface area (Å²) in [5.74, 6) is 0. The van der Waals surface area contributed by atoms with Gasteiger partial charge < -0.3 is 5.32 Å². The lowest BCUT2D eigenvalue weighted by Gasteiger charge is -2.21. The van der Waals surface area contributed by atoms with Crippen LogP contribution in [-0.4, -0.2) is 11.5 Å². The second-order valence-corrected chi connectivity index (χ2v) is 5.08. The summed E-state index contributed by atoms with van der Waals surface area (Å²) in [5.41, 5.74) is 6.24. The predicted octanol–water partition coefficient (Wildman–Crippen LogP) is 3.71. The third-order valence-electron chi connectivity index (χ3n) is 3.41. The van der Waals surface area contributed by atoms with E-state index in [4.69, 9.17) is 0 Å². The molecule has 2 heteroatoms. The Kier molecular flexibility index (Phi) is 4.33. The molecule has 0 radical (unpaired) electrons. The molecule has 1 aromatic carbocycles. The lowest BCUT2D eigenvalue weighted by atomic mass is 9.94. The van der Waals surface area contributed by atoms with Crippen molar-refractivity contribution in [1.82, 2.24) is 10.3 Å². The Morgan fingerprint density at radius 1 is 1.11 bits per heavy atom. The Morgan fingerprint density at radius 3 is 2.47 bits per heavy atom. The van der Waals surface area contributed by atoms with E-state index in [1.54, 1.807) is 0 Å². The molecule has 2 nitrogen and oxygen atoms in total. The second kappa shape index (κ2) is 5.98. The molecule has 0 fully saturated rings. The first kappa shape index (κ1) is 13.8. The normalized spacial score (nSPS) is 12.4. The molecule has 2 aromatic rings. The van der Waals surface area contributed by atoms with Gasteiger partial charge in [-0.2, -0.15) is 0 Å². The zero-order chi connectivity index (χ0) is 13.8. The third-order valence-corrected chi connectivity index (χ3v) is 3.41. The maximum absolute atomic E-state index is 4.41. The van der Waals surface area contributed by atoms with E-state index in [1.165, 1.54) is 22.3 Å². The van der Waals surface area contributed by atoms with Crippen molar-refractivity contribution in [3.8, 4) is 0 Å². The number of rotatable bonds is 4. The van der Waals surface area contributed by atoms with E-state index in [9.17, 15) is 0 Å². The topological polar surface area (TPSA) is 24.9 Å². The van der Waals surface area contributed by atoms with Crippen LogP contribution in [0.5, 0.6) is 0 Å². The fourth-order valence-electron chi connectivity index (χ4n) is 2.41. The summed E-state index contributed by atoms with van der Waals surface area (Å²) in [5, 5.41) is 3.55. The van der Waals surface area contributed by atoms with Crippen LogP contribution in [0.3, 0.4) is 0 Å². The molecular weight excluding hydrogens is 232 g/mol. The van der Waals surface area contributed by atoms with Crippen molar-refractivity contribution in [2.24, 2.45) is 0 Å². The van der Waals surface area contributed by atoms with Gasteiger partial charge >= 0.3 is 0 Å². The fraction of sp³-hybridized carbons (Fsp3) is 0.353. The molecule has 1 heterocycles. The molecule has 0 amide bonds. The van der Waals surface area contributed by atoms with Crippen LogP contribution >= 0.6 is 0 Å². The maximum Gasteiger partial charge on any atom is 0.0594 e. The van der Waals surface area contributed by atoms with Crippen molar-refractivity contribution in [3.63, 3.8) is 0 Å². The Morgan fingerprint density at radius 2 is 1.89 bits per heavy atom. The molecule has 1 N–H and O–H groups in total. The van der Waals surface area contributed by atoms with Crippen LogP contribution in [-0.2, 0) is 0 Å². The van der Waals surface area contributed by atoms with Gasteiger partial charge in [0.05, 0.1) is 6.04 Å². The number of pyridine rings is 1. The van der Waals surface area contributed by atoms with E-state index in [0.29, 0.717) is 0 Å². The summed E-state index contributed by atoms with van der Waals surface area (Å²) in [6.07, 6.45) is 1.97. The molecule has 2 rings (SSSR count). The van der Waals surface area contributed by atoms with Crippen LogP contribution in [0.1, 0.15) is 40.9 Å². The molecule has 19 heavy (non-hydrogen) atoms. The zero-order valence-electron chi connectivity index (χ0n) is 12.2. The summed E-state index contributed by atoms with van der Waals surface area (Å²) in [6, 6.07) is 11.1. The average molecular weight is 254 g/mol. The van der Waals surface area contributed by atoms with Crippen LogP contribution in [0, 0.1) is 20.8 Å². The smallest absolute Gasteiger partial charge is 0.0594 e. The van der Waals surface area contributed by atoms with Gasteiger partial charge in [0, 0.05) is 11.9 Å². The highest BCUT2D eigenvalue weighted by Gasteiger charge is 2.15. The minimum absolute atomic E-state index is 0.221. The minimum atomic E-state index is 0.221. The molecule has 0 aliphatic rings. The van der Waals surface area contributed by atoms with Crippen molar-refractivity contribution < 1.29 is 0 Å². The molecule has 1 atom stereocenters. The Bertz CT molecular complexity index is 544. The molecule has 1 aromatic heterocycles. The van der Waals surface area contributed by atoms with E-state index in [2.05, 4.69) is 61.4 Å². The summed E-state index contributed by atoms with van der Waals surface area (Å²) in [7, 11) is 0. The molecule has 0 aliphatic heterocycles. The molecule has 0 bridgehead atoms. The summed E-state index contributed by atoms with van der Waals surface area (Å²) in [4.78, 5) is 4.41. The molecule has 0 aliphatic carbocycles. The van der Waals surface area contributed by atoms with Gasteiger partial charge in [0.2, 0.25) is 0 Å². The van der Waals surface area contributed by atoms with Crippen LogP contribution in [0.15, 0.2) is 36.5 Å². The Hall–Kier alpha value is -1.67. The van der Waals surface area contributed by atoms with Gasteiger partial charge in [-0.1, -0.05) is 36.8 Å². The SMILES string of the molecule is CCNC(c1ccc(C)nc1)c1ccc(C)cc1C. The number of nitrogens with one attached hydrogen (secondary N) is 1. The lowest BCUT2D eigenvalue weighted by molar-refractivity contribution is 0.625. The number of aryl methyl sites for hydroxylation is 3. The van der Waals surface area contributed by atoms with E-state index in [1.807, 2.05) is 13.1 Å².